The number of fused-ring (bicyclic) bond motifs is 2. The van der Waals surface area contributed by atoms with Gasteiger partial charge >= 0.3 is 5.97 Å². The van der Waals surface area contributed by atoms with Crippen molar-refractivity contribution in [3.63, 3.8) is 0 Å². The van der Waals surface area contributed by atoms with Crippen molar-refractivity contribution < 1.29 is 14.3 Å². The molecule has 140 valence electrons. The highest BCUT2D eigenvalue weighted by Gasteiger charge is 2.74. The van der Waals surface area contributed by atoms with Crippen molar-refractivity contribution in [2.45, 2.75) is 58.2 Å². The number of benzene rings is 1. The number of hydrogen-bond donors (Lipinski definition) is 0. The average Bonchev–Trinajstić information content (AvgIpc) is 3.27. The number of esters is 1. The van der Waals surface area contributed by atoms with Crippen LogP contribution in [-0.2, 0) is 9.47 Å². The Kier molecular flexibility index (Phi) is 4.05. The molecule has 1 aromatic heterocycles. The zero-order valence-electron chi connectivity index (χ0n) is 16.4. The lowest BCUT2D eigenvalue weighted by Gasteiger charge is -2.34. The van der Waals surface area contributed by atoms with Crippen LogP contribution in [0.5, 0.6) is 0 Å². The molecule has 0 bridgehead atoms. The number of carbonyl (C=O) groups excluding carboxylic acids is 1. The third kappa shape index (κ3) is 2.82. The van der Waals surface area contributed by atoms with Gasteiger partial charge in [-0.05, 0) is 57.4 Å². The Balaban J connectivity index is 1.68. The van der Waals surface area contributed by atoms with Gasteiger partial charge in [0, 0.05) is 22.6 Å². The first kappa shape index (κ1) is 18.0. The largest absolute Gasteiger partial charge is 0.462 e. The molecule has 2 fully saturated rings. The number of carbonyl (C=O) groups is 1. The van der Waals surface area contributed by atoms with Crippen molar-refractivity contribution in [1.29, 1.82) is 0 Å². The molecule has 0 amide bonds. The lowest BCUT2D eigenvalue weighted by Crippen LogP contribution is -2.41. The predicted molar refractivity (Wildman–Crippen MR) is 104 cm³/mol. The van der Waals surface area contributed by atoms with Crippen LogP contribution in [0.3, 0.4) is 0 Å². The highest BCUT2D eigenvalue weighted by molar-refractivity contribution is 5.93. The van der Waals surface area contributed by atoms with Gasteiger partial charge in [-0.15, -0.1) is 0 Å². The Labute approximate surface area is 160 Å². The van der Waals surface area contributed by atoms with Gasteiger partial charge < -0.3 is 9.47 Å². The molecule has 4 rings (SSSR count). The molecule has 27 heavy (non-hydrogen) atoms. The molecule has 1 saturated carbocycles. The topological polar surface area (TPSA) is 51.7 Å². The van der Waals surface area contributed by atoms with E-state index in [0.717, 1.165) is 29.3 Å². The standard InChI is InChI=1S/C23H25NO3/c1-5-26-20(25)18-14-17-13-16(7-8-19(17)24-15-18)9-12-23-21(2,3)10-6-11-22(23,4)27-23/h7-8,13-15H,5-6,10-11H2,1-4H3. The number of nitrogens with zero attached hydrogens (tertiary/aromatic N) is 1. The minimum Gasteiger partial charge on any atom is -0.462 e. The molecule has 1 aliphatic carbocycles. The van der Waals surface area contributed by atoms with Crippen molar-refractivity contribution >= 4 is 16.9 Å². The zero-order chi connectivity index (χ0) is 19.3. The highest BCUT2D eigenvalue weighted by atomic mass is 16.6. The molecule has 1 saturated heterocycles. The van der Waals surface area contributed by atoms with Gasteiger partial charge in [0.1, 0.15) is 5.60 Å². The van der Waals surface area contributed by atoms with Gasteiger partial charge in [-0.25, -0.2) is 4.79 Å². The first-order valence-corrected chi connectivity index (χ1v) is 9.61. The molecular weight excluding hydrogens is 338 g/mol. The van der Waals surface area contributed by atoms with E-state index in [0.29, 0.717) is 12.2 Å². The third-order valence-electron chi connectivity index (χ3n) is 6.07. The number of rotatable bonds is 2. The fraction of sp³-hybridized carbons (Fsp3) is 0.478. The molecule has 2 aromatic rings. The summed E-state index contributed by atoms with van der Waals surface area (Å²) in [5, 5.41) is 0.882. The number of hydrogen-bond acceptors (Lipinski definition) is 4. The Morgan fingerprint density at radius 1 is 1.26 bits per heavy atom. The maximum absolute atomic E-state index is 12.0. The van der Waals surface area contributed by atoms with Crippen molar-refractivity contribution in [1.82, 2.24) is 4.98 Å². The predicted octanol–water partition coefficient (Wildman–Crippen LogP) is 4.50. The van der Waals surface area contributed by atoms with Gasteiger partial charge in [0.2, 0.25) is 0 Å². The molecule has 2 heterocycles. The molecule has 4 heteroatoms. The summed E-state index contributed by atoms with van der Waals surface area (Å²) in [5.41, 5.74) is 1.74. The molecule has 2 aliphatic rings. The SMILES string of the molecule is CCOC(=O)c1cnc2ccc(C#CC34OC3(C)CCCC4(C)C)cc2c1. The van der Waals surface area contributed by atoms with Gasteiger partial charge in [-0.2, -0.15) is 0 Å². The highest BCUT2D eigenvalue weighted by Crippen LogP contribution is 2.64. The summed E-state index contributed by atoms with van der Waals surface area (Å²) in [6.07, 6.45) is 4.93. The normalized spacial score (nSPS) is 28.0. The van der Waals surface area contributed by atoms with E-state index in [2.05, 4.69) is 37.6 Å². The van der Waals surface area contributed by atoms with Crippen LogP contribution < -0.4 is 0 Å². The van der Waals surface area contributed by atoms with Gasteiger partial charge in [-0.1, -0.05) is 25.7 Å². The molecule has 0 spiro atoms. The quantitative estimate of drug-likeness (QED) is 0.448. The fourth-order valence-corrected chi connectivity index (χ4v) is 4.46. The van der Waals surface area contributed by atoms with Crippen LogP contribution in [0, 0.1) is 17.3 Å². The first-order valence-electron chi connectivity index (χ1n) is 9.61. The molecule has 4 nitrogen and oxygen atoms in total. The van der Waals surface area contributed by atoms with E-state index in [-0.39, 0.29) is 22.6 Å². The maximum atomic E-state index is 12.0. The fourth-order valence-electron chi connectivity index (χ4n) is 4.46. The summed E-state index contributed by atoms with van der Waals surface area (Å²) in [5.74, 6) is 6.43. The van der Waals surface area contributed by atoms with Crippen LogP contribution in [0.25, 0.3) is 10.9 Å². The Morgan fingerprint density at radius 2 is 2.07 bits per heavy atom. The van der Waals surface area contributed by atoms with Crippen LogP contribution >= 0.6 is 0 Å². The number of ether oxygens (including phenoxy) is 2. The van der Waals surface area contributed by atoms with Gasteiger partial charge in [-0.3, -0.25) is 4.98 Å². The average molecular weight is 363 g/mol. The van der Waals surface area contributed by atoms with E-state index >= 15 is 0 Å². The molecular formula is C23H25NO3. The Hall–Kier alpha value is -2.38. The lowest BCUT2D eigenvalue weighted by molar-refractivity contribution is 0.0526. The molecule has 2 atom stereocenters. The summed E-state index contributed by atoms with van der Waals surface area (Å²) in [6.45, 7) is 8.82. The van der Waals surface area contributed by atoms with E-state index in [9.17, 15) is 4.79 Å². The molecule has 2 unspecified atom stereocenters. The minimum absolute atomic E-state index is 0.0441. The van der Waals surface area contributed by atoms with Crippen LogP contribution in [0.1, 0.15) is 62.9 Å². The summed E-state index contributed by atoms with van der Waals surface area (Å²) >= 11 is 0. The third-order valence-corrected chi connectivity index (χ3v) is 6.07. The van der Waals surface area contributed by atoms with Crippen LogP contribution in [0.4, 0.5) is 0 Å². The van der Waals surface area contributed by atoms with Gasteiger partial charge in [0.25, 0.3) is 0 Å². The zero-order valence-corrected chi connectivity index (χ0v) is 16.4. The molecule has 1 aliphatic heterocycles. The van der Waals surface area contributed by atoms with Crippen molar-refractivity contribution in [2.24, 2.45) is 5.41 Å². The van der Waals surface area contributed by atoms with Crippen molar-refractivity contribution in [3.8, 4) is 11.8 Å². The number of aromatic nitrogens is 1. The molecule has 0 N–H and O–H groups in total. The van der Waals surface area contributed by atoms with E-state index in [1.807, 2.05) is 24.3 Å². The number of pyridine rings is 1. The minimum atomic E-state index is -0.363. The molecule has 1 aromatic carbocycles. The van der Waals surface area contributed by atoms with Crippen molar-refractivity contribution in [3.05, 3.63) is 41.6 Å². The van der Waals surface area contributed by atoms with Crippen LogP contribution in [0.2, 0.25) is 0 Å². The van der Waals surface area contributed by atoms with Crippen molar-refractivity contribution in [2.75, 3.05) is 6.61 Å². The second-order valence-corrected chi connectivity index (χ2v) is 8.35. The smallest absolute Gasteiger partial charge is 0.339 e. The summed E-state index contributed by atoms with van der Waals surface area (Å²) in [7, 11) is 0. The van der Waals surface area contributed by atoms with E-state index < -0.39 is 0 Å². The Bertz CT molecular complexity index is 984. The van der Waals surface area contributed by atoms with Crippen LogP contribution in [-0.4, -0.2) is 28.8 Å². The van der Waals surface area contributed by atoms with Gasteiger partial charge in [0.05, 0.1) is 17.7 Å². The summed E-state index contributed by atoms with van der Waals surface area (Å²) in [6, 6.07) is 7.69. The monoisotopic (exact) mass is 363 g/mol. The van der Waals surface area contributed by atoms with Crippen LogP contribution in [0.15, 0.2) is 30.5 Å². The second kappa shape index (κ2) is 6.07. The van der Waals surface area contributed by atoms with Gasteiger partial charge in [0.15, 0.2) is 5.60 Å². The van der Waals surface area contributed by atoms with E-state index in [1.54, 1.807) is 13.1 Å². The van der Waals surface area contributed by atoms with E-state index in [4.69, 9.17) is 9.47 Å². The second-order valence-electron chi connectivity index (χ2n) is 8.35. The lowest BCUT2D eigenvalue weighted by atomic mass is 9.64. The Morgan fingerprint density at radius 3 is 2.81 bits per heavy atom. The first-order chi connectivity index (χ1) is 12.8. The maximum Gasteiger partial charge on any atom is 0.339 e. The molecule has 0 radical (unpaired) electrons. The van der Waals surface area contributed by atoms with E-state index in [1.165, 1.54) is 6.42 Å². The summed E-state index contributed by atoms with van der Waals surface area (Å²) < 4.78 is 11.3. The number of epoxide rings is 1. The summed E-state index contributed by atoms with van der Waals surface area (Å²) in [4.78, 5) is 16.3.